The monoisotopic (exact) mass is 242 g/mol. The molecule has 5 nitrogen and oxygen atoms in total. The van der Waals surface area contributed by atoms with Crippen LogP contribution in [0.5, 0.6) is 0 Å². The fourth-order valence-electron chi connectivity index (χ4n) is 1.72. The van der Waals surface area contributed by atoms with Crippen LogP contribution >= 0.6 is 0 Å². The number of rotatable bonds is 5. The lowest BCUT2D eigenvalue weighted by Crippen LogP contribution is -2.46. The second-order valence-corrected chi connectivity index (χ2v) is 5.81. The van der Waals surface area contributed by atoms with Gasteiger partial charge in [-0.05, 0) is 17.8 Å². The maximum Gasteiger partial charge on any atom is 0.315 e. The second kappa shape index (κ2) is 4.94. The van der Waals surface area contributed by atoms with Gasteiger partial charge in [0.05, 0.1) is 6.42 Å². The van der Waals surface area contributed by atoms with Gasteiger partial charge in [-0.15, -0.1) is 0 Å². The molecular formula is C12H22N2O3. The van der Waals surface area contributed by atoms with Gasteiger partial charge in [-0.1, -0.05) is 27.7 Å². The van der Waals surface area contributed by atoms with Gasteiger partial charge >= 0.3 is 12.0 Å². The van der Waals surface area contributed by atoms with Gasteiger partial charge in [0.25, 0.3) is 0 Å². The van der Waals surface area contributed by atoms with Crippen LogP contribution in [0.3, 0.4) is 0 Å². The molecule has 1 fully saturated rings. The molecule has 1 saturated carbocycles. The average molecular weight is 242 g/mol. The molecule has 1 aliphatic carbocycles. The topological polar surface area (TPSA) is 78.4 Å². The summed E-state index contributed by atoms with van der Waals surface area (Å²) in [6.07, 6.45) is 0.935. The van der Waals surface area contributed by atoms with Crippen molar-refractivity contribution in [2.75, 3.05) is 0 Å². The molecule has 0 aromatic rings. The normalized spacial score (nSPS) is 23.0. The molecule has 0 radical (unpaired) electrons. The summed E-state index contributed by atoms with van der Waals surface area (Å²) in [5, 5.41) is 14.3. The molecule has 5 heteroatoms. The molecular weight excluding hydrogens is 220 g/mol. The summed E-state index contributed by atoms with van der Waals surface area (Å²) in [6.45, 7) is 7.98. The van der Waals surface area contributed by atoms with Gasteiger partial charge in [0.2, 0.25) is 0 Å². The highest BCUT2D eigenvalue weighted by Crippen LogP contribution is 2.44. The number of nitrogens with one attached hydrogen (secondary N) is 2. The molecule has 2 atom stereocenters. The van der Waals surface area contributed by atoms with Crippen molar-refractivity contribution in [3.63, 3.8) is 0 Å². The van der Waals surface area contributed by atoms with E-state index in [4.69, 9.17) is 5.11 Å². The van der Waals surface area contributed by atoms with Crippen LogP contribution in [0.1, 0.15) is 40.5 Å². The third kappa shape index (κ3) is 4.24. The van der Waals surface area contributed by atoms with E-state index in [1.807, 2.05) is 13.8 Å². The van der Waals surface area contributed by atoms with E-state index in [1.165, 1.54) is 0 Å². The van der Waals surface area contributed by atoms with Crippen molar-refractivity contribution < 1.29 is 14.7 Å². The van der Waals surface area contributed by atoms with Gasteiger partial charge in [-0.25, -0.2) is 4.79 Å². The van der Waals surface area contributed by atoms with Gasteiger partial charge in [-0.3, -0.25) is 4.79 Å². The lowest BCUT2D eigenvalue weighted by atomic mass is 10.0. The van der Waals surface area contributed by atoms with Crippen LogP contribution in [0.25, 0.3) is 0 Å². The number of carbonyl (C=O) groups excluding carboxylic acids is 1. The minimum absolute atomic E-state index is 0.0425. The lowest BCUT2D eigenvalue weighted by Gasteiger charge is -2.21. The molecule has 0 spiro atoms. The van der Waals surface area contributed by atoms with Crippen molar-refractivity contribution in [1.29, 1.82) is 0 Å². The molecule has 0 saturated heterocycles. The van der Waals surface area contributed by atoms with E-state index in [2.05, 4.69) is 24.5 Å². The minimum atomic E-state index is -0.893. The number of amides is 2. The first-order valence-corrected chi connectivity index (χ1v) is 6.01. The average Bonchev–Trinajstić information content (AvgIpc) is 2.71. The highest BCUT2D eigenvalue weighted by atomic mass is 16.4. The molecule has 0 heterocycles. The number of carboxylic acid groups (broad SMARTS) is 1. The van der Waals surface area contributed by atoms with E-state index >= 15 is 0 Å². The Morgan fingerprint density at radius 1 is 1.41 bits per heavy atom. The van der Waals surface area contributed by atoms with Gasteiger partial charge in [0.1, 0.15) is 0 Å². The predicted molar refractivity (Wildman–Crippen MR) is 64.7 cm³/mol. The van der Waals surface area contributed by atoms with E-state index in [9.17, 15) is 9.59 Å². The minimum Gasteiger partial charge on any atom is -0.481 e. The summed E-state index contributed by atoms with van der Waals surface area (Å²) < 4.78 is 0. The maximum atomic E-state index is 11.7. The van der Waals surface area contributed by atoms with Crippen LogP contribution in [-0.2, 0) is 4.79 Å². The van der Waals surface area contributed by atoms with Gasteiger partial charge in [0.15, 0.2) is 0 Å². The molecule has 3 N–H and O–H groups in total. The summed E-state index contributed by atoms with van der Waals surface area (Å²) >= 11 is 0. The standard InChI is InChI=1S/C12H22N2O3/c1-7(2)8(5-10(15)16)13-11(17)14-9-6-12(9,3)4/h7-9H,5-6H2,1-4H3,(H,15,16)(H2,13,14,17). The Bertz CT molecular complexity index is 313. The Morgan fingerprint density at radius 3 is 2.29 bits per heavy atom. The summed E-state index contributed by atoms with van der Waals surface area (Å²) in [5.74, 6) is -0.792. The molecule has 2 amide bonds. The molecule has 0 aromatic heterocycles. The van der Waals surface area contributed by atoms with Crippen LogP contribution in [0, 0.1) is 11.3 Å². The molecule has 2 unspecified atom stereocenters. The Morgan fingerprint density at radius 2 is 1.94 bits per heavy atom. The predicted octanol–water partition coefficient (Wildman–Crippen LogP) is 1.58. The molecule has 17 heavy (non-hydrogen) atoms. The van der Waals surface area contributed by atoms with Crippen molar-refractivity contribution in [3.8, 4) is 0 Å². The Hall–Kier alpha value is -1.26. The smallest absolute Gasteiger partial charge is 0.315 e. The van der Waals surface area contributed by atoms with Crippen LogP contribution < -0.4 is 10.6 Å². The number of urea groups is 1. The fraction of sp³-hybridized carbons (Fsp3) is 0.833. The van der Waals surface area contributed by atoms with Crippen LogP contribution in [-0.4, -0.2) is 29.2 Å². The fourth-order valence-corrected chi connectivity index (χ4v) is 1.72. The van der Waals surface area contributed by atoms with Crippen LogP contribution in [0.4, 0.5) is 4.79 Å². The molecule has 0 bridgehead atoms. The molecule has 0 aromatic carbocycles. The second-order valence-electron chi connectivity index (χ2n) is 5.81. The zero-order valence-electron chi connectivity index (χ0n) is 10.9. The largest absolute Gasteiger partial charge is 0.481 e. The van der Waals surface area contributed by atoms with Gasteiger partial charge in [-0.2, -0.15) is 0 Å². The number of aliphatic carboxylic acids is 1. The SMILES string of the molecule is CC(C)C(CC(=O)O)NC(=O)NC1CC1(C)C. The van der Waals surface area contributed by atoms with Gasteiger partial charge < -0.3 is 15.7 Å². The van der Waals surface area contributed by atoms with Crippen molar-refractivity contribution in [2.24, 2.45) is 11.3 Å². The highest BCUT2D eigenvalue weighted by Gasteiger charge is 2.46. The van der Waals surface area contributed by atoms with E-state index in [-0.39, 0.29) is 35.9 Å². The molecule has 1 aliphatic rings. The van der Waals surface area contributed by atoms with Crippen molar-refractivity contribution in [1.82, 2.24) is 10.6 Å². The van der Waals surface area contributed by atoms with Crippen molar-refractivity contribution in [2.45, 2.75) is 52.6 Å². The highest BCUT2D eigenvalue weighted by molar-refractivity contribution is 5.76. The first-order chi connectivity index (χ1) is 7.72. The zero-order valence-corrected chi connectivity index (χ0v) is 10.9. The number of carboxylic acids is 1. The quantitative estimate of drug-likeness (QED) is 0.685. The van der Waals surface area contributed by atoms with Crippen LogP contribution in [0.2, 0.25) is 0 Å². The Balaban J connectivity index is 2.39. The summed E-state index contributed by atoms with van der Waals surface area (Å²) in [6, 6.07) is -0.380. The number of hydrogen-bond donors (Lipinski definition) is 3. The summed E-state index contributed by atoms with van der Waals surface area (Å²) in [4.78, 5) is 22.3. The first-order valence-electron chi connectivity index (χ1n) is 6.01. The molecule has 0 aliphatic heterocycles. The van der Waals surface area contributed by atoms with E-state index in [0.29, 0.717) is 0 Å². The molecule has 1 rings (SSSR count). The van der Waals surface area contributed by atoms with Crippen LogP contribution in [0.15, 0.2) is 0 Å². The zero-order chi connectivity index (χ0) is 13.2. The lowest BCUT2D eigenvalue weighted by molar-refractivity contribution is -0.137. The number of carbonyl (C=O) groups is 2. The van der Waals surface area contributed by atoms with Crippen molar-refractivity contribution >= 4 is 12.0 Å². The summed E-state index contributed by atoms with van der Waals surface area (Å²) in [7, 11) is 0. The third-order valence-electron chi connectivity index (χ3n) is 3.33. The third-order valence-corrected chi connectivity index (χ3v) is 3.33. The molecule has 98 valence electrons. The maximum absolute atomic E-state index is 11.7. The Labute approximate surface area is 102 Å². The van der Waals surface area contributed by atoms with E-state index < -0.39 is 5.97 Å². The van der Waals surface area contributed by atoms with Gasteiger partial charge in [0, 0.05) is 12.1 Å². The first kappa shape index (κ1) is 13.8. The summed E-state index contributed by atoms with van der Waals surface area (Å²) in [5.41, 5.74) is 0.178. The Kier molecular flexibility index (Phi) is 4.01. The van der Waals surface area contributed by atoms with E-state index in [0.717, 1.165) is 6.42 Å². The van der Waals surface area contributed by atoms with Crippen molar-refractivity contribution in [3.05, 3.63) is 0 Å². The van der Waals surface area contributed by atoms with E-state index in [1.54, 1.807) is 0 Å². The number of hydrogen-bond acceptors (Lipinski definition) is 2.